The Kier molecular flexibility index (Phi) is 8.86. The summed E-state index contributed by atoms with van der Waals surface area (Å²) in [5, 5.41) is 6.76. The molecule has 1 aliphatic heterocycles. The molecule has 0 bridgehead atoms. The molecule has 1 fully saturated rings. The van der Waals surface area contributed by atoms with Gasteiger partial charge in [0, 0.05) is 29.6 Å². The molecule has 0 saturated carbocycles. The van der Waals surface area contributed by atoms with Gasteiger partial charge in [-0.2, -0.15) is 0 Å². The van der Waals surface area contributed by atoms with E-state index in [0.29, 0.717) is 23.1 Å². The van der Waals surface area contributed by atoms with Crippen molar-refractivity contribution in [3.8, 4) is 11.5 Å². The molecule has 0 unspecified atom stereocenters. The first-order chi connectivity index (χ1) is 19.2. The lowest BCUT2D eigenvalue weighted by Gasteiger charge is -2.26. The average Bonchev–Trinajstić information content (AvgIpc) is 2.98. The van der Waals surface area contributed by atoms with Crippen molar-refractivity contribution in [1.82, 2.24) is 15.2 Å². The number of anilines is 1. The van der Waals surface area contributed by atoms with E-state index in [0.717, 1.165) is 36.6 Å². The first kappa shape index (κ1) is 26.4. The van der Waals surface area contributed by atoms with E-state index in [-0.39, 0.29) is 18.9 Å². The first-order valence-corrected chi connectivity index (χ1v) is 13.4. The molecule has 1 aromatic heterocycles. The molecule has 2 amide bonds. The number of piperidine rings is 1. The summed E-state index contributed by atoms with van der Waals surface area (Å²) in [6.45, 7) is 4.37. The molecule has 1 aliphatic rings. The van der Waals surface area contributed by atoms with Crippen LogP contribution in [0.2, 0.25) is 0 Å². The number of halogens is 1. The lowest BCUT2D eigenvalue weighted by molar-refractivity contribution is 0.183. The number of nitrogens with zero attached hydrogens (tertiary/aromatic N) is 2. The Balaban J connectivity index is 1.19. The van der Waals surface area contributed by atoms with E-state index in [4.69, 9.17) is 9.47 Å². The highest BCUT2D eigenvalue weighted by Crippen LogP contribution is 2.35. The van der Waals surface area contributed by atoms with Crippen molar-refractivity contribution in [3.05, 3.63) is 96.1 Å². The molecule has 202 valence electrons. The molecular weight excluding hydrogens is 495 g/mol. The maximum atomic E-state index is 15.2. The molecule has 7 nitrogen and oxygen atoms in total. The number of carbonyl (C=O) groups excluding carboxylic acids is 1. The van der Waals surface area contributed by atoms with Crippen molar-refractivity contribution >= 4 is 22.5 Å². The number of likely N-dealkylation sites (tertiary alicyclic amines) is 1. The first-order valence-electron chi connectivity index (χ1n) is 13.4. The van der Waals surface area contributed by atoms with E-state index < -0.39 is 11.8 Å². The summed E-state index contributed by atoms with van der Waals surface area (Å²) in [5.41, 5.74) is 1.99. The molecule has 0 spiro atoms. The van der Waals surface area contributed by atoms with Crippen LogP contribution in [0.3, 0.4) is 0 Å². The average molecular weight is 529 g/mol. The number of rotatable bonds is 10. The Morgan fingerprint density at radius 3 is 2.46 bits per heavy atom. The second-order valence-corrected chi connectivity index (χ2v) is 9.59. The van der Waals surface area contributed by atoms with E-state index >= 15 is 4.39 Å². The van der Waals surface area contributed by atoms with Crippen molar-refractivity contribution in [2.45, 2.75) is 32.4 Å². The van der Waals surface area contributed by atoms with Gasteiger partial charge in [-0.3, -0.25) is 9.88 Å². The standard InChI is InChI=1S/C31H33FN4O3/c32-28-20-29(35-31(37)34-21-24-8-4-5-15-33-24)26-9-2-3-10-27(26)30(28)39-22-23-11-13-25(14-12-23)38-19-18-36-16-6-1-7-17-36/h2-5,8-15,20H,1,6-7,16-19,21-22H2,(H2,34,35,37). The minimum absolute atomic E-state index is 0.145. The SMILES string of the molecule is O=C(NCc1ccccn1)Nc1cc(F)c(OCc2ccc(OCCN3CCCCC3)cc2)c2ccccc12. The Morgan fingerprint density at radius 2 is 1.69 bits per heavy atom. The molecular formula is C31H33FN4O3. The van der Waals surface area contributed by atoms with Crippen LogP contribution in [0.15, 0.2) is 79.0 Å². The summed E-state index contributed by atoms with van der Waals surface area (Å²) in [4.78, 5) is 19.1. The van der Waals surface area contributed by atoms with Gasteiger partial charge in [-0.15, -0.1) is 0 Å². The van der Waals surface area contributed by atoms with Crippen LogP contribution in [-0.4, -0.2) is 42.2 Å². The van der Waals surface area contributed by atoms with Gasteiger partial charge in [-0.1, -0.05) is 48.9 Å². The van der Waals surface area contributed by atoms with Crippen LogP contribution in [0, 0.1) is 5.82 Å². The molecule has 5 rings (SSSR count). The van der Waals surface area contributed by atoms with Gasteiger partial charge in [-0.05, 0) is 55.8 Å². The molecule has 1 saturated heterocycles. The fourth-order valence-electron chi connectivity index (χ4n) is 4.72. The van der Waals surface area contributed by atoms with Gasteiger partial charge >= 0.3 is 6.03 Å². The molecule has 8 heteroatoms. The second-order valence-electron chi connectivity index (χ2n) is 9.59. The summed E-state index contributed by atoms with van der Waals surface area (Å²) in [7, 11) is 0. The number of hydrogen-bond acceptors (Lipinski definition) is 5. The third-order valence-electron chi connectivity index (χ3n) is 6.79. The number of hydrogen-bond donors (Lipinski definition) is 2. The van der Waals surface area contributed by atoms with Crippen molar-refractivity contribution in [2.75, 3.05) is 31.6 Å². The fraction of sp³-hybridized carbons (Fsp3) is 0.290. The molecule has 2 N–H and O–H groups in total. The largest absolute Gasteiger partial charge is 0.492 e. The van der Waals surface area contributed by atoms with Crippen LogP contribution >= 0.6 is 0 Å². The van der Waals surface area contributed by atoms with E-state index in [9.17, 15) is 4.79 Å². The van der Waals surface area contributed by atoms with Gasteiger partial charge in [0.05, 0.1) is 17.9 Å². The Bertz CT molecular complexity index is 1380. The molecule has 0 aliphatic carbocycles. The number of nitrogens with one attached hydrogen (secondary N) is 2. The fourth-order valence-corrected chi connectivity index (χ4v) is 4.72. The zero-order valence-electron chi connectivity index (χ0n) is 21.9. The summed E-state index contributed by atoms with van der Waals surface area (Å²) in [6.07, 6.45) is 5.53. The molecule has 0 radical (unpaired) electrons. The topological polar surface area (TPSA) is 75.7 Å². The number of urea groups is 1. The predicted molar refractivity (Wildman–Crippen MR) is 151 cm³/mol. The molecule has 39 heavy (non-hydrogen) atoms. The number of carbonyl (C=O) groups is 1. The number of benzene rings is 3. The van der Waals surface area contributed by atoms with Crippen LogP contribution < -0.4 is 20.1 Å². The number of ether oxygens (including phenoxy) is 2. The van der Waals surface area contributed by atoms with Gasteiger partial charge in [0.15, 0.2) is 11.6 Å². The zero-order chi connectivity index (χ0) is 26.9. The van der Waals surface area contributed by atoms with E-state index in [1.807, 2.05) is 60.7 Å². The van der Waals surface area contributed by atoms with E-state index in [1.165, 1.54) is 25.3 Å². The Labute approximate surface area is 228 Å². The van der Waals surface area contributed by atoms with Crippen LogP contribution in [0.5, 0.6) is 11.5 Å². The highest BCUT2D eigenvalue weighted by atomic mass is 19.1. The van der Waals surface area contributed by atoms with Crippen molar-refractivity contribution in [3.63, 3.8) is 0 Å². The molecule has 3 aromatic carbocycles. The smallest absolute Gasteiger partial charge is 0.319 e. The normalized spacial score (nSPS) is 13.7. The van der Waals surface area contributed by atoms with Crippen LogP contribution in [0.1, 0.15) is 30.5 Å². The van der Waals surface area contributed by atoms with E-state index in [1.54, 1.807) is 12.3 Å². The number of amides is 2. The number of aromatic nitrogens is 1. The van der Waals surface area contributed by atoms with Crippen molar-refractivity contribution in [1.29, 1.82) is 0 Å². The van der Waals surface area contributed by atoms with Gasteiger partial charge in [0.25, 0.3) is 0 Å². The van der Waals surface area contributed by atoms with Gasteiger partial charge in [-0.25, -0.2) is 9.18 Å². The van der Waals surface area contributed by atoms with Gasteiger partial charge < -0.3 is 20.1 Å². The van der Waals surface area contributed by atoms with Crippen LogP contribution in [-0.2, 0) is 13.2 Å². The quantitative estimate of drug-likeness (QED) is 0.259. The van der Waals surface area contributed by atoms with Gasteiger partial charge in [0.2, 0.25) is 0 Å². The van der Waals surface area contributed by atoms with E-state index in [2.05, 4.69) is 20.5 Å². The maximum Gasteiger partial charge on any atom is 0.319 e. The number of fused-ring (bicyclic) bond motifs is 1. The van der Waals surface area contributed by atoms with Crippen molar-refractivity contribution in [2.24, 2.45) is 0 Å². The Hall–Kier alpha value is -4.17. The van der Waals surface area contributed by atoms with Gasteiger partial charge in [0.1, 0.15) is 19.0 Å². The summed E-state index contributed by atoms with van der Waals surface area (Å²) in [6, 6.07) is 21.3. The Morgan fingerprint density at radius 1 is 0.923 bits per heavy atom. The maximum absolute atomic E-state index is 15.2. The highest BCUT2D eigenvalue weighted by molar-refractivity contribution is 6.04. The molecule has 0 atom stereocenters. The summed E-state index contributed by atoms with van der Waals surface area (Å²) < 4.78 is 27.1. The molecule has 2 heterocycles. The summed E-state index contributed by atoms with van der Waals surface area (Å²) in [5.74, 6) is 0.405. The highest BCUT2D eigenvalue weighted by Gasteiger charge is 2.16. The third-order valence-corrected chi connectivity index (χ3v) is 6.79. The monoisotopic (exact) mass is 528 g/mol. The lowest BCUT2D eigenvalue weighted by atomic mass is 10.1. The lowest BCUT2D eigenvalue weighted by Crippen LogP contribution is -2.33. The van der Waals surface area contributed by atoms with Crippen LogP contribution in [0.25, 0.3) is 10.8 Å². The second kappa shape index (κ2) is 13.1. The minimum Gasteiger partial charge on any atom is -0.492 e. The van der Waals surface area contributed by atoms with Crippen molar-refractivity contribution < 1.29 is 18.7 Å². The predicted octanol–water partition coefficient (Wildman–Crippen LogP) is 6.14. The minimum atomic E-state index is -0.550. The summed E-state index contributed by atoms with van der Waals surface area (Å²) >= 11 is 0. The zero-order valence-corrected chi connectivity index (χ0v) is 21.9. The third kappa shape index (κ3) is 7.23. The van der Waals surface area contributed by atoms with Crippen LogP contribution in [0.4, 0.5) is 14.9 Å². The molecule has 4 aromatic rings. The number of pyridine rings is 1.